The van der Waals surface area contributed by atoms with E-state index in [1.165, 1.54) is 6.21 Å². The van der Waals surface area contributed by atoms with Gasteiger partial charge in [-0.2, -0.15) is 5.10 Å². The smallest absolute Gasteiger partial charge is 0.260 e. The molecule has 0 heterocycles. The monoisotopic (exact) mass is 535 g/mol. The molecule has 0 atom stereocenters. The second kappa shape index (κ2) is 8.77. The molecule has 1 N–H and O–H groups in total. The maximum Gasteiger partial charge on any atom is 0.260 e. The summed E-state index contributed by atoms with van der Waals surface area (Å²) in [4.78, 5) is 12.1. The predicted molar refractivity (Wildman–Crippen MR) is 111 cm³/mol. The van der Waals surface area contributed by atoms with Crippen LogP contribution in [0.5, 0.6) is 0 Å². The first-order valence-electron chi connectivity index (χ1n) is 7.06. The van der Waals surface area contributed by atoms with Crippen molar-refractivity contribution in [2.75, 3.05) is 17.1 Å². The lowest BCUT2D eigenvalue weighted by atomic mass is 10.2. The fourth-order valence-corrected chi connectivity index (χ4v) is 3.57. The lowest BCUT2D eigenvalue weighted by molar-refractivity contribution is -0.119. The highest BCUT2D eigenvalue weighted by Crippen LogP contribution is 2.18. The number of benzene rings is 2. The van der Waals surface area contributed by atoms with Crippen molar-refractivity contribution in [3.05, 3.63) is 62.1 Å². The molecule has 2 aromatic carbocycles. The molecule has 9 heteroatoms. The van der Waals surface area contributed by atoms with Crippen LogP contribution in [0.25, 0.3) is 0 Å². The molecular formula is C16H15BrIN3O3S. The Morgan fingerprint density at radius 1 is 1.28 bits per heavy atom. The van der Waals surface area contributed by atoms with Gasteiger partial charge in [-0.05, 0) is 64.6 Å². The lowest BCUT2D eigenvalue weighted by Crippen LogP contribution is -2.39. The van der Waals surface area contributed by atoms with Crippen molar-refractivity contribution >= 4 is 66.4 Å². The number of nitrogens with zero attached hydrogens (tertiary/aromatic N) is 2. The van der Waals surface area contributed by atoms with E-state index in [-0.39, 0.29) is 6.54 Å². The SMILES string of the molecule is CS(=O)(=O)N(CC(=O)N/N=C\c1cccc(Br)c1)c1ccc(I)cc1. The third-order valence-corrected chi connectivity index (χ3v) is 5.41. The van der Waals surface area contributed by atoms with E-state index in [0.717, 1.165) is 24.2 Å². The van der Waals surface area contributed by atoms with Crippen LogP contribution in [0, 0.1) is 3.57 Å². The zero-order valence-corrected chi connectivity index (χ0v) is 17.7. The van der Waals surface area contributed by atoms with Crippen LogP contribution in [0.15, 0.2) is 58.1 Å². The zero-order chi connectivity index (χ0) is 18.4. The molecule has 2 aromatic rings. The standard InChI is InChI=1S/C16H15BrIN3O3S/c1-25(23,24)21(15-7-5-14(18)6-8-15)11-16(22)20-19-10-12-3-2-4-13(17)9-12/h2-10H,11H2,1H3,(H,20,22)/b19-10-. The molecule has 0 aliphatic carbocycles. The van der Waals surface area contributed by atoms with Gasteiger partial charge in [-0.25, -0.2) is 13.8 Å². The first-order valence-corrected chi connectivity index (χ1v) is 10.8. The van der Waals surface area contributed by atoms with E-state index in [4.69, 9.17) is 0 Å². The third kappa shape index (κ3) is 6.40. The van der Waals surface area contributed by atoms with Crippen molar-refractivity contribution in [3.63, 3.8) is 0 Å². The highest BCUT2D eigenvalue weighted by Gasteiger charge is 2.20. The van der Waals surface area contributed by atoms with Gasteiger partial charge >= 0.3 is 0 Å². The van der Waals surface area contributed by atoms with Crippen LogP contribution in [-0.2, 0) is 14.8 Å². The van der Waals surface area contributed by atoms with Gasteiger partial charge in [0, 0.05) is 8.04 Å². The van der Waals surface area contributed by atoms with E-state index < -0.39 is 15.9 Å². The molecule has 2 rings (SSSR count). The number of hydrazone groups is 1. The highest BCUT2D eigenvalue weighted by atomic mass is 127. The Balaban J connectivity index is 2.06. The van der Waals surface area contributed by atoms with Crippen molar-refractivity contribution < 1.29 is 13.2 Å². The van der Waals surface area contributed by atoms with Crippen molar-refractivity contribution in [1.29, 1.82) is 0 Å². The van der Waals surface area contributed by atoms with Gasteiger partial charge in [0.1, 0.15) is 6.54 Å². The van der Waals surface area contributed by atoms with Crippen molar-refractivity contribution in [1.82, 2.24) is 5.43 Å². The number of nitrogens with one attached hydrogen (secondary N) is 1. The summed E-state index contributed by atoms with van der Waals surface area (Å²) in [5.41, 5.74) is 3.57. The Labute approximate surface area is 168 Å². The minimum atomic E-state index is -3.60. The van der Waals surface area contributed by atoms with Crippen molar-refractivity contribution in [2.45, 2.75) is 0 Å². The molecule has 0 aromatic heterocycles. The number of hydrogen-bond donors (Lipinski definition) is 1. The van der Waals surface area contributed by atoms with Crippen LogP contribution in [0.4, 0.5) is 5.69 Å². The van der Waals surface area contributed by atoms with Gasteiger partial charge in [0.2, 0.25) is 10.0 Å². The Morgan fingerprint density at radius 2 is 1.96 bits per heavy atom. The largest absolute Gasteiger partial charge is 0.271 e. The maximum atomic E-state index is 12.1. The number of hydrogen-bond acceptors (Lipinski definition) is 4. The lowest BCUT2D eigenvalue weighted by Gasteiger charge is -2.21. The summed E-state index contributed by atoms with van der Waals surface area (Å²) in [5.74, 6) is -0.532. The normalized spacial score (nSPS) is 11.5. The third-order valence-electron chi connectivity index (χ3n) is 3.05. The minimum absolute atomic E-state index is 0.352. The average molecular weight is 536 g/mol. The van der Waals surface area contributed by atoms with Crippen LogP contribution in [0.1, 0.15) is 5.56 Å². The molecule has 0 saturated heterocycles. The van der Waals surface area contributed by atoms with Crippen LogP contribution in [0.3, 0.4) is 0 Å². The van der Waals surface area contributed by atoms with Crippen LogP contribution in [0.2, 0.25) is 0 Å². The Kier molecular flexibility index (Phi) is 6.96. The summed E-state index contributed by atoms with van der Waals surface area (Å²) >= 11 is 5.47. The van der Waals surface area contributed by atoms with Gasteiger partial charge in [-0.15, -0.1) is 0 Å². The first-order chi connectivity index (χ1) is 11.8. The van der Waals surface area contributed by atoms with E-state index in [1.54, 1.807) is 24.3 Å². The fraction of sp³-hybridized carbons (Fsp3) is 0.125. The van der Waals surface area contributed by atoms with Crippen LogP contribution >= 0.6 is 38.5 Å². The summed E-state index contributed by atoms with van der Waals surface area (Å²) in [5, 5.41) is 3.86. The molecule has 0 radical (unpaired) electrons. The summed E-state index contributed by atoms with van der Waals surface area (Å²) < 4.78 is 26.9. The molecule has 0 aliphatic rings. The van der Waals surface area contributed by atoms with E-state index in [9.17, 15) is 13.2 Å². The molecule has 1 amide bonds. The number of carbonyl (C=O) groups is 1. The van der Waals surface area contributed by atoms with Gasteiger partial charge in [0.05, 0.1) is 18.2 Å². The van der Waals surface area contributed by atoms with E-state index in [2.05, 4.69) is 49.0 Å². The quantitative estimate of drug-likeness (QED) is 0.351. The Morgan fingerprint density at radius 3 is 2.56 bits per heavy atom. The average Bonchev–Trinajstić information content (AvgIpc) is 2.53. The molecule has 0 fully saturated rings. The van der Waals surface area contributed by atoms with Crippen molar-refractivity contribution in [2.24, 2.45) is 5.10 Å². The number of halogens is 2. The molecule has 0 saturated carbocycles. The van der Waals surface area contributed by atoms with E-state index in [1.807, 2.05) is 24.3 Å². The number of rotatable bonds is 6. The van der Waals surface area contributed by atoms with Gasteiger partial charge in [0.25, 0.3) is 5.91 Å². The molecule has 0 bridgehead atoms. The summed E-state index contributed by atoms with van der Waals surface area (Å²) in [6.45, 7) is -0.352. The van der Waals surface area contributed by atoms with E-state index in [0.29, 0.717) is 5.69 Å². The fourth-order valence-electron chi connectivity index (χ4n) is 1.94. The summed E-state index contributed by atoms with van der Waals surface area (Å²) in [6, 6.07) is 14.2. The molecule has 0 spiro atoms. The zero-order valence-electron chi connectivity index (χ0n) is 13.2. The number of amides is 1. The molecule has 0 unspecified atom stereocenters. The van der Waals surface area contributed by atoms with E-state index >= 15 is 0 Å². The highest BCUT2D eigenvalue weighted by molar-refractivity contribution is 14.1. The number of anilines is 1. The number of carbonyl (C=O) groups excluding carboxylic acids is 1. The van der Waals surface area contributed by atoms with Gasteiger partial charge in [0.15, 0.2) is 0 Å². The first kappa shape index (κ1) is 19.9. The Hall–Kier alpha value is -1.46. The van der Waals surface area contributed by atoms with Gasteiger partial charge in [-0.3, -0.25) is 9.10 Å². The summed E-state index contributed by atoms with van der Waals surface area (Å²) in [7, 11) is -3.60. The Bertz CT molecular complexity index is 886. The second-order valence-corrected chi connectivity index (χ2v) is 9.16. The molecule has 0 aliphatic heterocycles. The molecule has 25 heavy (non-hydrogen) atoms. The van der Waals surface area contributed by atoms with Crippen molar-refractivity contribution in [3.8, 4) is 0 Å². The second-order valence-electron chi connectivity index (χ2n) is 5.09. The van der Waals surface area contributed by atoms with Crippen LogP contribution in [-0.4, -0.2) is 33.3 Å². The summed E-state index contributed by atoms with van der Waals surface area (Å²) in [6.07, 6.45) is 2.54. The number of sulfonamides is 1. The molecule has 6 nitrogen and oxygen atoms in total. The predicted octanol–water partition coefficient (Wildman–Crippen LogP) is 2.97. The van der Waals surface area contributed by atoms with Gasteiger partial charge < -0.3 is 0 Å². The van der Waals surface area contributed by atoms with Crippen LogP contribution < -0.4 is 9.73 Å². The topological polar surface area (TPSA) is 78.8 Å². The molecule has 132 valence electrons. The maximum absolute atomic E-state index is 12.1. The molecular weight excluding hydrogens is 521 g/mol. The minimum Gasteiger partial charge on any atom is -0.271 e. The van der Waals surface area contributed by atoms with Gasteiger partial charge in [-0.1, -0.05) is 28.1 Å².